The van der Waals surface area contributed by atoms with Crippen molar-refractivity contribution in [2.45, 2.75) is 66.3 Å². The molecule has 18 heteroatoms. The van der Waals surface area contributed by atoms with E-state index in [1.165, 1.54) is 3.97 Å². The van der Waals surface area contributed by atoms with Gasteiger partial charge in [-0.1, -0.05) is 54.6 Å². The second-order valence-electron chi connectivity index (χ2n) is 15.4. The van der Waals surface area contributed by atoms with E-state index in [1.54, 1.807) is 66.7 Å². The number of aliphatic hydroxyl groups excluding tert-OH is 8. The number of aromatic nitrogens is 1. The predicted octanol–water partition coefficient (Wildman–Crippen LogP) is 1.76. The minimum atomic E-state index is -4.03. The minimum Gasteiger partial charge on any atom is -0.491 e. The Hall–Kier alpha value is -5.03. The average Bonchev–Trinajstić information content (AvgIpc) is 3.66. The molecule has 17 nitrogen and oxygen atoms in total. The molecule has 0 spiro atoms. The summed E-state index contributed by atoms with van der Waals surface area (Å²) in [5, 5.41) is 80.6. The molecule has 0 saturated carbocycles. The summed E-state index contributed by atoms with van der Waals surface area (Å²) in [7, 11) is -4.03. The van der Waals surface area contributed by atoms with Gasteiger partial charge in [-0.05, 0) is 82.9 Å². The van der Waals surface area contributed by atoms with Crippen molar-refractivity contribution < 1.29 is 77.7 Å². The van der Waals surface area contributed by atoms with Crippen molar-refractivity contribution in [1.29, 1.82) is 0 Å². The number of rotatable bonds is 16. The highest BCUT2D eigenvalue weighted by Crippen LogP contribution is 2.38. The first-order valence-electron chi connectivity index (χ1n) is 20.6. The highest BCUT2D eigenvalue weighted by atomic mass is 32.2. The van der Waals surface area contributed by atoms with E-state index in [9.17, 15) is 49.3 Å². The SMILES string of the molecule is O=S(=O)(c1ccccc1)n1c2ccc(-c3ccc(OCCO[C@@H]4O[C@H](CO)[C@@H](O)[C@H](O)[C@H]4O)cc3)cc2c2cc(-c3ccc(OCCO[C@@H]4O[C@H](CO)[C@@H](O)[C@H](O)[C@H]4O)cc3)ccc21. The first-order valence-corrected chi connectivity index (χ1v) is 22.0. The van der Waals surface area contributed by atoms with Crippen LogP contribution in [-0.2, 0) is 29.0 Å². The largest absolute Gasteiger partial charge is 0.491 e. The molecule has 5 aromatic carbocycles. The third-order valence-corrected chi connectivity index (χ3v) is 13.1. The molecule has 1 aromatic heterocycles. The van der Waals surface area contributed by atoms with Crippen molar-refractivity contribution in [2.75, 3.05) is 39.6 Å². The zero-order valence-corrected chi connectivity index (χ0v) is 35.0. The third-order valence-electron chi connectivity index (χ3n) is 11.3. The Morgan fingerprint density at radius 3 is 1.30 bits per heavy atom. The van der Waals surface area contributed by atoms with Crippen LogP contribution in [0.3, 0.4) is 0 Å². The molecule has 6 aromatic rings. The number of hydrogen-bond donors (Lipinski definition) is 8. The van der Waals surface area contributed by atoms with E-state index in [0.717, 1.165) is 22.3 Å². The van der Waals surface area contributed by atoms with Crippen LogP contribution in [0.15, 0.2) is 120 Å². The van der Waals surface area contributed by atoms with Gasteiger partial charge in [0.2, 0.25) is 0 Å². The van der Waals surface area contributed by atoms with Crippen molar-refractivity contribution in [3.63, 3.8) is 0 Å². The molecule has 2 fully saturated rings. The Morgan fingerprint density at radius 2 is 0.891 bits per heavy atom. The van der Waals surface area contributed by atoms with E-state index in [-0.39, 0.29) is 31.3 Å². The van der Waals surface area contributed by atoms with Gasteiger partial charge in [0.05, 0.1) is 42.4 Å². The van der Waals surface area contributed by atoms with E-state index in [0.29, 0.717) is 33.3 Å². The van der Waals surface area contributed by atoms with Gasteiger partial charge in [0.25, 0.3) is 10.0 Å². The summed E-state index contributed by atoms with van der Waals surface area (Å²) < 4.78 is 63.3. The lowest BCUT2D eigenvalue weighted by molar-refractivity contribution is -0.301. The van der Waals surface area contributed by atoms with E-state index >= 15 is 0 Å². The summed E-state index contributed by atoms with van der Waals surface area (Å²) in [5.41, 5.74) is 4.31. The molecule has 340 valence electrons. The summed E-state index contributed by atoms with van der Waals surface area (Å²) in [6.07, 6.45) is -13.8. The van der Waals surface area contributed by atoms with Gasteiger partial charge in [0, 0.05) is 10.8 Å². The minimum absolute atomic E-state index is 0.0243. The van der Waals surface area contributed by atoms with Gasteiger partial charge in [-0.2, -0.15) is 0 Å². The first kappa shape index (κ1) is 45.5. The van der Waals surface area contributed by atoms with Crippen LogP contribution >= 0.6 is 0 Å². The molecule has 0 aliphatic carbocycles. The second-order valence-corrected chi connectivity index (χ2v) is 17.2. The molecule has 10 atom stereocenters. The normalized spacial score (nSPS) is 26.3. The molecule has 2 aliphatic heterocycles. The lowest BCUT2D eigenvalue weighted by Gasteiger charge is -2.39. The standard InChI is InChI=1S/C46H49NO16S/c48-24-37-39(50)41(52)43(54)45(62-37)60-20-18-58-30-12-6-26(7-13-30)28-10-16-35-33(22-28)34-23-29(11-17-36(34)47(35)64(56,57)32-4-2-1-3-5-32)27-8-14-31(15-9-27)59-19-21-61-46-44(55)42(53)40(51)38(25-49)63-46/h1-17,22-23,37-46,48-55H,18-21,24-25H2/t37-,38-,39-,40-,41+,42+,43-,44-,45-,46-/m1/s1. The maximum absolute atomic E-state index is 14.3. The molecular weight excluding hydrogens is 855 g/mol. The summed E-state index contributed by atoms with van der Waals surface area (Å²) in [4.78, 5) is 0.144. The van der Waals surface area contributed by atoms with Crippen LogP contribution in [0.5, 0.6) is 11.5 Å². The number of nitrogens with zero attached hydrogens (tertiary/aromatic N) is 1. The number of aliphatic hydroxyl groups is 8. The summed E-state index contributed by atoms with van der Waals surface area (Å²) in [6, 6.07) is 34.0. The molecular formula is C46H49NO16S. The zero-order chi connectivity index (χ0) is 45.1. The summed E-state index contributed by atoms with van der Waals surface area (Å²) in [6.45, 7) is -1.04. The lowest BCUT2D eigenvalue weighted by Crippen LogP contribution is -2.59. The molecule has 8 rings (SSSR count). The van der Waals surface area contributed by atoms with Crippen molar-refractivity contribution in [2.24, 2.45) is 0 Å². The smallest absolute Gasteiger partial charge is 0.268 e. The average molecular weight is 904 g/mol. The van der Waals surface area contributed by atoms with Crippen LogP contribution < -0.4 is 9.47 Å². The number of benzene rings is 5. The van der Waals surface area contributed by atoms with E-state index in [2.05, 4.69) is 0 Å². The van der Waals surface area contributed by atoms with Crippen LogP contribution in [-0.4, -0.2) is 154 Å². The maximum atomic E-state index is 14.3. The van der Waals surface area contributed by atoms with Crippen molar-refractivity contribution in [3.8, 4) is 33.8 Å². The van der Waals surface area contributed by atoms with E-state index in [1.807, 2.05) is 48.5 Å². The molecule has 0 amide bonds. The fourth-order valence-corrected chi connectivity index (χ4v) is 9.40. The molecule has 64 heavy (non-hydrogen) atoms. The Kier molecular flexibility index (Phi) is 13.9. The van der Waals surface area contributed by atoms with Crippen molar-refractivity contribution >= 4 is 31.8 Å². The number of hydrogen-bond acceptors (Lipinski definition) is 16. The van der Waals surface area contributed by atoms with Gasteiger partial charge in [-0.15, -0.1) is 0 Å². The zero-order valence-electron chi connectivity index (χ0n) is 34.2. The number of ether oxygens (including phenoxy) is 6. The summed E-state index contributed by atoms with van der Waals surface area (Å²) >= 11 is 0. The Morgan fingerprint density at radius 1 is 0.484 bits per heavy atom. The summed E-state index contributed by atoms with van der Waals surface area (Å²) in [5.74, 6) is 1.05. The quantitative estimate of drug-likeness (QED) is 0.0644. The highest BCUT2D eigenvalue weighted by molar-refractivity contribution is 7.90. The monoisotopic (exact) mass is 903 g/mol. The Bertz CT molecular complexity index is 2460. The van der Waals surface area contributed by atoms with E-state index < -0.39 is 84.6 Å². The Balaban J connectivity index is 0.989. The van der Waals surface area contributed by atoms with Crippen molar-refractivity contribution in [1.82, 2.24) is 3.97 Å². The predicted molar refractivity (Wildman–Crippen MR) is 230 cm³/mol. The van der Waals surface area contributed by atoms with Gasteiger partial charge >= 0.3 is 0 Å². The third kappa shape index (κ3) is 9.24. The second kappa shape index (κ2) is 19.6. The first-order chi connectivity index (χ1) is 30.9. The van der Waals surface area contributed by atoms with Crippen LogP contribution in [0.25, 0.3) is 44.1 Å². The molecule has 0 bridgehead atoms. The fourth-order valence-electron chi connectivity index (χ4n) is 7.85. The van der Waals surface area contributed by atoms with Crippen molar-refractivity contribution in [3.05, 3.63) is 115 Å². The molecule has 0 unspecified atom stereocenters. The van der Waals surface area contributed by atoms with Gasteiger partial charge in [0.15, 0.2) is 12.6 Å². The Labute approximate surface area is 367 Å². The highest BCUT2D eigenvalue weighted by Gasteiger charge is 2.45. The van der Waals surface area contributed by atoms with Gasteiger partial charge < -0.3 is 69.3 Å². The molecule has 2 aliphatic rings. The lowest BCUT2D eigenvalue weighted by atomic mass is 9.99. The van der Waals surface area contributed by atoms with Crippen LogP contribution in [0.4, 0.5) is 0 Å². The number of fused-ring (bicyclic) bond motifs is 3. The van der Waals surface area contributed by atoms with E-state index in [4.69, 9.17) is 28.4 Å². The molecule has 3 heterocycles. The molecule has 0 radical (unpaired) electrons. The van der Waals surface area contributed by atoms with Gasteiger partial charge in [0.1, 0.15) is 73.5 Å². The van der Waals surface area contributed by atoms with Crippen LogP contribution in [0, 0.1) is 0 Å². The molecule has 2 saturated heterocycles. The van der Waals surface area contributed by atoms with Crippen LogP contribution in [0.1, 0.15) is 0 Å². The van der Waals surface area contributed by atoms with Gasteiger partial charge in [-0.3, -0.25) is 0 Å². The fraction of sp³-hybridized carbons (Fsp3) is 0.348. The molecule has 8 N–H and O–H groups in total. The maximum Gasteiger partial charge on any atom is 0.268 e. The van der Waals surface area contributed by atoms with Crippen LogP contribution in [0.2, 0.25) is 0 Å². The topological polar surface area (TPSA) is 256 Å². The van der Waals surface area contributed by atoms with Gasteiger partial charge in [-0.25, -0.2) is 12.4 Å².